The molecule has 0 spiro atoms. The fourth-order valence-electron chi connectivity index (χ4n) is 3.46. The highest BCUT2D eigenvalue weighted by Crippen LogP contribution is 2.49. The predicted molar refractivity (Wildman–Crippen MR) is 121 cm³/mol. The van der Waals surface area contributed by atoms with Crippen molar-refractivity contribution in [3.63, 3.8) is 0 Å². The lowest BCUT2D eigenvalue weighted by Gasteiger charge is -2.13. The highest BCUT2D eigenvalue weighted by Gasteiger charge is 2.53. The molecule has 0 bridgehead atoms. The maximum absolute atomic E-state index is 13.0. The number of anilines is 2. The Balaban J connectivity index is 1.29. The molecule has 5 rings (SSSR count). The Bertz CT molecular complexity index is 1380. The summed E-state index contributed by atoms with van der Waals surface area (Å²) in [6.07, 6.45) is 4.20. The highest BCUT2D eigenvalue weighted by atomic mass is 32.2. The van der Waals surface area contributed by atoms with E-state index in [1.54, 1.807) is 12.1 Å². The van der Waals surface area contributed by atoms with Crippen LogP contribution in [0.4, 0.5) is 11.6 Å². The molecule has 9 nitrogen and oxygen atoms in total. The van der Waals surface area contributed by atoms with Crippen LogP contribution < -0.4 is 10.0 Å². The van der Waals surface area contributed by atoms with Crippen molar-refractivity contribution >= 4 is 27.6 Å². The number of nitrogens with zero attached hydrogens (tertiary/aromatic N) is 3. The van der Waals surface area contributed by atoms with Crippen molar-refractivity contribution in [1.29, 1.82) is 0 Å². The van der Waals surface area contributed by atoms with E-state index < -0.39 is 15.4 Å². The molecule has 2 N–H and O–H groups in total. The topological polar surface area (TPSA) is 127 Å². The van der Waals surface area contributed by atoms with E-state index in [-0.39, 0.29) is 16.8 Å². The van der Waals surface area contributed by atoms with E-state index in [1.165, 1.54) is 36.7 Å². The minimum atomic E-state index is -3.85. The third-order valence-corrected chi connectivity index (χ3v) is 6.80. The Morgan fingerprint density at radius 2 is 1.64 bits per heavy atom. The highest BCUT2D eigenvalue weighted by molar-refractivity contribution is 7.92. The number of benzene rings is 2. The van der Waals surface area contributed by atoms with Crippen molar-refractivity contribution in [2.24, 2.45) is 0 Å². The van der Waals surface area contributed by atoms with Crippen LogP contribution >= 0.6 is 0 Å². The maximum Gasteiger partial charge on any atom is 0.264 e. The molecule has 1 amide bonds. The molecule has 1 saturated carbocycles. The Morgan fingerprint density at radius 3 is 2.30 bits per heavy atom. The van der Waals surface area contributed by atoms with Crippen molar-refractivity contribution in [2.75, 3.05) is 10.0 Å². The molecule has 0 saturated heterocycles. The summed E-state index contributed by atoms with van der Waals surface area (Å²) < 4.78 is 32.8. The summed E-state index contributed by atoms with van der Waals surface area (Å²) in [5.74, 6) is 0.379. The van der Waals surface area contributed by atoms with Crippen molar-refractivity contribution < 1.29 is 17.7 Å². The molecule has 0 atom stereocenters. The number of aromatic nitrogens is 3. The van der Waals surface area contributed by atoms with E-state index in [2.05, 4.69) is 25.2 Å². The van der Waals surface area contributed by atoms with Crippen molar-refractivity contribution in [2.45, 2.75) is 23.2 Å². The average molecular weight is 462 g/mol. The van der Waals surface area contributed by atoms with E-state index in [0.29, 0.717) is 30.0 Å². The smallest absolute Gasteiger partial charge is 0.264 e. The average Bonchev–Trinajstić information content (AvgIpc) is 3.50. The second kappa shape index (κ2) is 8.14. The molecule has 10 heteroatoms. The van der Waals surface area contributed by atoms with Crippen molar-refractivity contribution in [3.05, 3.63) is 84.8 Å². The Labute approximate surface area is 189 Å². The number of sulfonamides is 1. The van der Waals surface area contributed by atoms with Gasteiger partial charge in [0.15, 0.2) is 5.76 Å². The molecule has 1 aliphatic rings. The van der Waals surface area contributed by atoms with Crippen LogP contribution in [-0.4, -0.2) is 29.4 Å². The van der Waals surface area contributed by atoms with E-state index in [4.69, 9.17) is 4.52 Å². The lowest BCUT2D eigenvalue weighted by atomic mass is 10.00. The van der Waals surface area contributed by atoms with Gasteiger partial charge in [-0.05, 0) is 43.2 Å². The predicted octanol–water partition coefficient (Wildman–Crippen LogP) is 3.60. The number of carbonyl (C=O) groups excluding carboxylic acids is 1. The summed E-state index contributed by atoms with van der Waals surface area (Å²) in [6.45, 7) is 0. The molecule has 1 fully saturated rings. The summed E-state index contributed by atoms with van der Waals surface area (Å²) in [6, 6.07) is 18.8. The second-order valence-electron chi connectivity index (χ2n) is 7.68. The van der Waals surface area contributed by atoms with E-state index in [9.17, 15) is 13.2 Å². The van der Waals surface area contributed by atoms with E-state index in [0.717, 1.165) is 5.56 Å². The first kappa shape index (κ1) is 20.8. The van der Waals surface area contributed by atoms with Crippen LogP contribution in [-0.2, 0) is 20.2 Å². The van der Waals surface area contributed by atoms with Crippen LogP contribution in [0.15, 0.2) is 88.5 Å². The first-order valence-corrected chi connectivity index (χ1v) is 11.7. The van der Waals surface area contributed by atoms with Crippen molar-refractivity contribution in [3.8, 4) is 11.3 Å². The molecule has 2 heterocycles. The van der Waals surface area contributed by atoms with Gasteiger partial charge >= 0.3 is 0 Å². The van der Waals surface area contributed by atoms with Gasteiger partial charge in [0.25, 0.3) is 10.0 Å². The minimum absolute atomic E-state index is 0.0203. The van der Waals surface area contributed by atoms with E-state index >= 15 is 0 Å². The van der Waals surface area contributed by atoms with Gasteiger partial charge in [0.05, 0.1) is 16.0 Å². The van der Waals surface area contributed by atoms with Gasteiger partial charge in [-0.3, -0.25) is 4.79 Å². The number of hydrogen-bond donors (Lipinski definition) is 2. The minimum Gasteiger partial charge on any atom is -0.356 e. The zero-order valence-corrected chi connectivity index (χ0v) is 18.1. The maximum atomic E-state index is 13.0. The number of amides is 1. The number of rotatable bonds is 7. The molecule has 0 aliphatic heterocycles. The second-order valence-corrected chi connectivity index (χ2v) is 9.36. The van der Waals surface area contributed by atoms with Gasteiger partial charge in [0.1, 0.15) is 0 Å². The standard InChI is InChI=1S/C23H19N5O4S/c29-21(23(11-12-23)20-15-19(32-27-20)16-5-2-1-3-6-16)26-17-7-9-18(10-8-17)33(30,31)28-22-24-13-4-14-25-22/h1-10,13-15H,11-12H2,(H,26,29)(H,24,25,28). The Hall–Kier alpha value is -4.05. The fraction of sp³-hybridized carbons (Fsp3) is 0.130. The van der Waals surface area contributed by atoms with Gasteiger partial charge < -0.3 is 9.84 Å². The summed E-state index contributed by atoms with van der Waals surface area (Å²) in [5, 5.41) is 7.00. The third-order valence-electron chi connectivity index (χ3n) is 5.46. The van der Waals surface area contributed by atoms with Crippen molar-refractivity contribution in [1.82, 2.24) is 15.1 Å². The monoisotopic (exact) mass is 461 g/mol. The van der Waals surface area contributed by atoms with Crippen LogP contribution in [0.3, 0.4) is 0 Å². The lowest BCUT2D eigenvalue weighted by Crippen LogP contribution is -2.28. The summed E-state index contributed by atoms with van der Waals surface area (Å²) in [4.78, 5) is 20.8. The number of nitrogens with one attached hydrogen (secondary N) is 2. The van der Waals surface area contributed by atoms with Crippen LogP contribution in [0.1, 0.15) is 18.5 Å². The first-order valence-electron chi connectivity index (χ1n) is 10.2. The van der Waals surface area contributed by atoms with Gasteiger partial charge in [-0.2, -0.15) is 0 Å². The number of carbonyl (C=O) groups is 1. The molecule has 0 radical (unpaired) electrons. The Kier molecular flexibility index (Phi) is 5.14. The quantitative estimate of drug-likeness (QED) is 0.430. The fourth-order valence-corrected chi connectivity index (χ4v) is 4.42. The molecule has 2 aromatic carbocycles. The van der Waals surface area contributed by atoms with E-state index in [1.807, 2.05) is 30.3 Å². The van der Waals surface area contributed by atoms with Crippen LogP contribution in [0, 0.1) is 0 Å². The van der Waals surface area contributed by atoms with Gasteiger partial charge in [-0.15, -0.1) is 0 Å². The molecule has 166 valence electrons. The SMILES string of the molecule is O=C(Nc1ccc(S(=O)(=O)Nc2ncccn2)cc1)C1(c2cc(-c3ccccc3)on2)CC1. The zero-order valence-electron chi connectivity index (χ0n) is 17.3. The molecule has 0 unspecified atom stereocenters. The summed E-state index contributed by atoms with van der Waals surface area (Å²) in [7, 11) is -3.85. The molecular weight excluding hydrogens is 442 g/mol. The van der Waals surface area contributed by atoms with Crippen LogP contribution in [0.5, 0.6) is 0 Å². The summed E-state index contributed by atoms with van der Waals surface area (Å²) in [5.41, 5.74) is 1.21. The van der Waals surface area contributed by atoms with Gasteiger partial charge in [-0.25, -0.2) is 23.1 Å². The third kappa shape index (κ3) is 4.20. The molecule has 1 aliphatic carbocycles. The Morgan fingerprint density at radius 1 is 0.939 bits per heavy atom. The van der Waals surface area contributed by atoms with Gasteiger partial charge in [0, 0.05) is 29.7 Å². The molecule has 4 aromatic rings. The molecule has 2 aromatic heterocycles. The largest absolute Gasteiger partial charge is 0.356 e. The van der Waals surface area contributed by atoms with Gasteiger partial charge in [0.2, 0.25) is 11.9 Å². The first-order chi connectivity index (χ1) is 16.0. The van der Waals surface area contributed by atoms with Crippen LogP contribution in [0.2, 0.25) is 0 Å². The zero-order chi connectivity index (χ0) is 22.9. The summed E-state index contributed by atoms with van der Waals surface area (Å²) >= 11 is 0. The normalized spacial score (nSPS) is 14.4. The lowest BCUT2D eigenvalue weighted by molar-refractivity contribution is -0.118. The number of hydrogen-bond acceptors (Lipinski definition) is 7. The molecule has 33 heavy (non-hydrogen) atoms. The molecular formula is C23H19N5O4S. The van der Waals surface area contributed by atoms with Gasteiger partial charge in [-0.1, -0.05) is 35.5 Å². The van der Waals surface area contributed by atoms with Crippen LogP contribution in [0.25, 0.3) is 11.3 Å².